The highest BCUT2D eigenvalue weighted by atomic mass is 16.2. The van der Waals surface area contributed by atoms with Gasteiger partial charge >= 0.3 is 0 Å². The van der Waals surface area contributed by atoms with Crippen LogP contribution in [0.2, 0.25) is 0 Å². The fraction of sp³-hybridized carbons (Fsp3) is 0.364. The molecule has 0 aliphatic heterocycles. The van der Waals surface area contributed by atoms with Crippen LogP contribution in [0.4, 0.5) is 0 Å². The molecule has 4 heteroatoms. The first-order valence-electron chi connectivity index (χ1n) is 4.70. The molecule has 0 fully saturated rings. The van der Waals surface area contributed by atoms with Crippen LogP contribution in [-0.2, 0) is 4.79 Å². The summed E-state index contributed by atoms with van der Waals surface area (Å²) in [5.74, 6) is -1.12. The lowest BCUT2D eigenvalue weighted by atomic mass is 10.0. The lowest BCUT2D eigenvalue weighted by Gasteiger charge is -2.15. The van der Waals surface area contributed by atoms with Crippen LogP contribution in [0, 0.1) is 5.92 Å². The number of nitrogens with zero attached hydrogens (tertiary/aromatic N) is 2. The van der Waals surface area contributed by atoms with E-state index in [0.717, 1.165) is 0 Å². The summed E-state index contributed by atoms with van der Waals surface area (Å²) in [6.07, 6.45) is 1.54. The second kappa shape index (κ2) is 4.68. The van der Waals surface area contributed by atoms with Crippen molar-refractivity contribution in [2.24, 2.45) is 5.92 Å². The summed E-state index contributed by atoms with van der Waals surface area (Å²) in [6.45, 7) is 1.60. The van der Waals surface area contributed by atoms with Gasteiger partial charge in [-0.3, -0.25) is 14.6 Å². The lowest BCUT2D eigenvalue weighted by Crippen LogP contribution is -2.33. The van der Waals surface area contributed by atoms with Crippen LogP contribution in [0.3, 0.4) is 0 Å². The molecule has 0 N–H and O–H groups in total. The van der Waals surface area contributed by atoms with E-state index in [0.29, 0.717) is 5.69 Å². The zero-order valence-corrected chi connectivity index (χ0v) is 9.10. The fourth-order valence-electron chi connectivity index (χ4n) is 1.23. The molecule has 1 aromatic rings. The van der Waals surface area contributed by atoms with Gasteiger partial charge in [0.1, 0.15) is 11.6 Å². The van der Waals surface area contributed by atoms with E-state index in [4.69, 9.17) is 0 Å². The molecular formula is C11H14N2O2. The van der Waals surface area contributed by atoms with Gasteiger partial charge in [0.25, 0.3) is 0 Å². The number of hydrogen-bond donors (Lipinski definition) is 0. The number of rotatable bonds is 3. The van der Waals surface area contributed by atoms with Gasteiger partial charge < -0.3 is 4.90 Å². The number of carbonyl (C=O) groups excluding carboxylic acids is 2. The monoisotopic (exact) mass is 206 g/mol. The normalized spacial score (nSPS) is 11.9. The van der Waals surface area contributed by atoms with Crippen molar-refractivity contribution in [1.82, 2.24) is 9.88 Å². The van der Waals surface area contributed by atoms with Crippen LogP contribution < -0.4 is 0 Å². The Hall–Kier alpha value is -1.71. The maximum absolute atomic E-state index is 11.8. The number of ketones is 1. The van der Waals surface area contributed by atoms with Crippen LogP contribution >= 0.6 is 0 Å². The molecule has 0 aliphatic carbocycles. The Labute approximate surface area is 88.9 Å². The highest BCUT2D eigenvalue weighted by molar-refractivity contribution is 6.08. The van der Waals surface area contributed by atoms with Crippen molar-refractivity contribution < 1.29 is 9.59 Å². The predicted octanol–water partition coefficient (Wildman–Crippen LogP) is 0.989. The maximum atomic E-state index is 11.8. The molecule has 1 unspecified atom stereocenters. The van der Waals surface area contributed by atoms with E-state index in [1.165, 1.54) is 4.90 Å². The molecule has 1 heterocycles. The van der Waals surface area contributed by atoms with Gasteiger partial charge in [0.2, 0.25) is 5.91 Å². The first kappa shape index (κ1) is 11.4. The Balaban J connectivity index is 2.82. The van der Waals surface area contributed by atoms with E-state index in [1.807, 2.05) is 0 Å². The number of aromatic nitrogens is 1. The number of amides is 1. The molecule has 0 spiro atoms. The highest BCUT2D eigenvalue weighted by Crippen LogP contribution is 2.08. The molecule has 80 valence electrons. The Kier molecular flexibility index (Phi) is 3.55. The minimum absolute atomic E-state index is 0.203. The SMILES string of the molecule is CC(C(=O)c1ccccn1)C(=O)N(C)C. The molecule has 15 heavy (non-hydrogen) atoms. The molecule has 0 aliphatic rings. The smallest absolute Gasteiger partial charge is 0.232 e. The topological polar surface area (TPSA) is 50.3 Å². The van der Waals surface area contributed by atoms with Crippen LogP contribution in [0.15, 0.2) is 24.4 Å². The molecule has 0 saturated carbocycles. The van der Waals surface area contributed by atoms with E-state index in [2.05, 4.69) is 4.98 Å². The predicted molar refractivity (Wildman–Crippen MR) is 56.4 cm³/mol. The zero-order valence-electron chi connectivity index (χ0n) is 9.10. The Morgan fingerprint density at radius 3 is 2.47 bits per heavy atom. The first-order valence-corrected chi connectivity index (χ1v) is 4.70. The summed E-state index contributed by atoms with van der Waals surface area (Å²) in [4.78, 5) is 28.6. The van der Waals surface area contributed by atoms with Gasteiger partial charge in [-0.25, -0.2) is 0 Å². The van der Waals surface area contributed by atoms with Crippen molar-refractivity contribution in [3.05, 3.63) is 30.1 Å². The average Bonchev–Trinajstić information content (AvgIpc) is 2.27. The van der Waals surface area contributed by atoms with Crippen LogP contribution in [-0.4, -0.2) is 35.7 Å². The van der Waals surface area contributed by atoms with Gasteiger partial charge in [-0.1, -0.05) is 6.07 Å². The third-order valence-electron chi connectivity index (χ3n) is 2.12. The lowest BCUT2D eigenvalue weighted by molar-refractivity contribution is -0.130. The molecule has 4 nitrogen and oxygen atoms in total. The molecular weight excluding hydrogens is 192 g/mol. The van der Waals surface area contributed by atoms with Crippen LogP contribution in [0.5, 0.6) is 0 Å². The Bertz CT molecular complexity index is 360. The van der Waals surface area contributed by atoms with Crippen LogP contribution in [0.1, 0.15) is 17.4 Å². The molecule has 0 radical (unpaired) electrons. The summed E-state index contributed by atoms with van der Waals surface area (Å²) in [7, 11) is 3.26. The van der Waals surface area contributed by atoms with Gasteiger partial charge in [0, 0.05) is 20.3 Å². The van der Waals surface area contributed by atoms with Crippen molar-refractivity contribution >= 4 is 11.7 Å². The Morgan fingerprint density at radius 2 is 2.00 bits per heavy atom. The number of carbonyl (C=O) groups is 2. The molecule has 0 bridgehead atoms. The van der Waals surface area contributed by atoms with Gasteiger partial charge in [-0.2, -0.15) is 0 Å². The molecule has 1 aromatic heterocycles. The molecule has 1 amide bonds. The largest absolute Gasteiger partial charge is 0.348 e. The van der Waals surface area contributed by atoms with Crippen molar-refractivity contribution in [3.63, 3.8) is 0 Å². The highest BCUT2D eigenvalue weighted by Gasteiger charge is 2.24. The third-order valence-corrected chi connectivity index (χ3v) is 2.12. The van der Waals surface area contributed by atoms with E-state index in [9.17, 15) is 9.59 Å². The summed E-state index contributed by atoms with van der Waals surface area (Å²) >= 11 is 0. The third kappa shape index (κ3) is 2.62. The van der Waals surface area contributed by atoms with Crippen LogP contribution in [0.25, 0.3) is 0 Å². The Morgan fingerprint density at radius 1 is 1.33 bits per heavy atom. The van der Waals surface area contributed by atoms with Crippen molar-refractivity contribution in [2.75, 3.05) is 14.1 Å². The number of hydrogen-bond acceptors (Lipinski definition) is 3. The minimum Gasteiger partial charge on any atom is -0.348 e. The second-order valence-electron chi connectivity index (χ2n) is 3.53. The summed E-state index contributed by atoms with van der Waals surface area (Å²) in [5.41, 5.74) is 0.334. The average molecular weight is 206 g/mol. The van der Waals surface area contributed by atoms with Gasteiger partial charge in [-0.15, -0.1) is 0 Å². The van der Waals surface area contributed by atoms with E-state index in [-0.39, 0.29) is 11.7 Å². The standard InChI is InChI=1S/C11H14N2O2/c1-8(11(15)13(2)3)10(14)9-6-4-5-7-12-9/h4-8H,1-3H3. The van der Waals surface area contributed by atoms with E-state index in [1.54, 1.807) is 45.4 Å². The van der Waals surface area contributed by atoms with Gasteiger partial charge in [0.15, 0.2) is 5.78 Å². The molecule has 1 rings (SSSR count). The minimum atomic E-state index is -0.671. The van der Waals surface area contributed by atoms with Crippen molar-refractivity contribution in [1.29, 1.82) is 0 Å². The molecule has 0 saturated heterocycles. The zero-order chi connectivity index (χ0) is 11.4. The van der Waals surface area contributed by atoms with E-state index >= 15 is 0 Å². The fourth-order valence-corrected chi connectivity index (χ4v) is 1.23. The molecule has 1 atom stereocenters. The number of pyridine rings is 1. The van der Waals surface area contributed by atoms with E-state index < -0.39 is 5.92 Å². The van der Waals surface area contributed by atoms with Crippen molar-refractivity contribution in [3.8, 4) is 0 Å². The van der Waals surface area contributed by atoms with Crippen molar-refractivity contribution in [2.45, 2.75) is 6.92 Å². The maximum Gasteiger partial charge on any atom is 0.232 e. The second-order valence-corrected chi connectivity index (χ2v) is 3.53. The quantitative estimate of drug-likeness (QED) is 0.547. The first-order chi connectivity index (χ1) is 7.04. The number of Topliss-reactive ketones (excluding diaryl/α,β-unsaturated/α-hetero) is 1. The summed E-state index contributed by atoms with van der Waals surface area (Å²) < 4.78 is 0. The summed E-state index contributed by atoms with van der Waals surface area (Å²) in [5, 5.41) is 0. The van der Waals surface area contributed by atoms with Gasteiger partial charge in [-0.05, 0) is 19.1 Å². The van der Waals surface area contributed by atoms with Gasteiger partial charge in [0.05, 0.1) is 0 Å². The summed E-state index contributed by atoms with van der Waals surface area (Å²) in [6, 6.07) is 5.07. The molecule has 0 aromatic carbocycles.